The molecule has 0 spiro atoms. The van der Waals surface area contributed by atoms with E-state index < -0.39 is 0 Å². The Kier molecular flexibility index (Phi) is 3.58. The van der Waals surface area contributed by atoms with Crippen LogP contribution in [0, 0.1) is 6.92 Å². The van der Waals surface area contributed by atoms with E-state index in [0.717, 1.165) is 0 Å². The molecule has 0 atom stereocenters. The Balaban J connectivity index is 1.73. The summed E-state index contributed by atoms with van der Waals surface area (Å²) < 4.78 is 0. The van der Waals surface area contributed by atoms with Gasteiger partial charge in [0, 0.05) is 0 Å². The third-order valence-corrected chi connectivity index (χ3v) is 6.11. The Morgan fingerprint density at radius 2 is 1.17 bits per heavy atom. The molecule has 1 aromatic heterocycles. The first kappa shape index (κ1) is 16.5. The van der Waals surface area contributed by atoms with Crippen LogP contribution in [-0.2, 0) is 0 Å². The van der Waals surface area contributed by atoms with Gasteiger partial charge in [-0.05, 0) is 0 Å². The van der Waals surface area contributed by atoms with Gasteiger partial charge in [-0.3, -0.25) is 0 Å². The molecule has 134 valence electrons. The number of hydrogen-bond donors (Lipinski definition) is 0. The summed E-state index contributed by atoms with van der Waals surface area (Å²) in [6, 6.07) is 33.3. The molecule has 0 saturated carbocycles. The van der Waals surface area contributed by atoms with Crippen LogP contribution < -0.4 is 0 Å². The van der Waals surface area contributed by atoms with Crippen molar-refractivity contribution in [3.63, 3.8) is 0 Å². The van der Waals surface area contributed by atoms with Gasteiger partial charge in [0.05, 0.1) is 0 Å². The van der Waals surface area contributed by atoms with Gasteiger partial charge >= 0.3 is 171 Å². The van der Waals surface area contributed by atoms with E-state index in [1.807, 2.05) is 0 Å². The van der Waals surface area contributed by atoms with Crippen LogP contribution in [0.25, 0.3) is 54.5 Å². The van der Waals surface area contributed by atoms with E-state index in [1.165, 1.54) is 60.0 Å². The molecular weight excluding hydrogens is 347 g/mol. The summed E-state index contributed by atoms with van der Waals surface area (Å²) in [6.45, 7) is 4.37. The van der Waals surface area contributed by atoms with Crippen molar-refractivity contribution in [3.8, 4) is 22.1 Å². The zero-order valence-corrected chi connectivity index (χ0v) is 16.3. The minimum absolute atomic E-state index is 1.27. The Hall–Kier alpha value is -3.45. The number of hydrogen-bond acceptors (Lipinski definition) is 0. The van der Waals surface area contributed by atoms with Crippen LogP contribution in [0.4, 0.5) is 0 Å². The standard InChI is InChI=1S/C28H19B/c1-18-7-16-26(29-17-18)23-13-9-21-10-14-24-22(19-5-3-2-4-6-19)12-8-20-11-15-25(23)28(21)27(20)24/h2-17H,1H3. The molecule has 0 fully saturated rings. The van der Waals surface area contributed by atoms with Crippen LogP contribution >= 0.6 is 0 Å². The van der Waals surface area contributed by atoms with Gasteiger partial charge < -0.3 is 0 Å². The summed E-state index contributed by atoms with van der Waals surface area (Å²) in [5.41, 5.74) is 6.44. The summed E-state index contributed by atoms with van der Waals surface area (Å²) in [5.74, 6) is 2.20. The van der Waals surface area contributed by atoms with Gasteiger partial charge in [-0.15, -0.1) is 0 Å². The van der Waals surface area contributed by atoms with Crippen molar-refractivity contribution in [2.75, 3.05) is 0 Å². The Labute approximate surface area is 171 Å². The molecule has 0 saturated heterocycles. The van der Waals surface area contributed by atoms with Crippen LogP contribution in [0.3, 0.4) is 0 Å². The fourth-order valence-electron chi connectivity index (χ4n) is 4.66. The minimum atomic E-state index is 1.27. The van der Waals surface area contributed by atoms with Crippen LogP contribution in [0.15, 0.2) is 97.0 Å². The molecule has 29 heavy (non-hydrogen) atoms. The van der Waals surface area contributed by atoms with Crippen LogP contribution in [0.2, 0.25) is 0 Å². The second kappa shape index (κ2) is 6.29. The Bertz CT molecular complexity index is 1480. The van der Waals surface area contributed by atoms with E-state index in [9.17, 15) is 0 Å². The quantitative estimate of drug-likeness (QED) is 0.277. The fourth-order valence-corrected chi connectivity index (χ4v) is 4.66. The van der Waals surface area contributed by atoms with Crippen molar-refractivity contribution >= 4 is 39.2 Å². The van der Waals surface area contributed by atoms with E-state index in [-0.39, 0.29) is 0 Å². The van der Waals surface area contributed by atoms with Crippen molar-refractivity contribution in [2.24, 2.45) is 0 Å². The predicted molar refractivity (Wildman–Crippen MR) is 127 cm³/mol. The molecule has 1 heterocycles. The van der Waals surface area contributed by atoms with E-state index in [2.05, 4.69) is 111 Å². The molecule has 0 unspecified atom stereocenters. The molecule has 0 aliphatic rings. The molecule has 0 amide bonds. The van der Waals surface area contributed by atoms with E-state index in [0.29, 0.717) is 0 Å². The number of rotatable bonds is 2. The van der Waals surface area contributed by atoms with Gasteiger partial charge in [0.1, 0.15) is 0 Å². The van der Waals surface area contributed by atoms with Crippen molar-refractivity contribution in [3.05, 3.63) is 103 Å². The average molecular weight is 366 g/mol. The third kappa shape index (κ3) is 2.51. The van der Waals surface area contributed by atoms with Gasteiger partial charge in [-0.25, -0.2) is 0 Å². The van der Waals surface area contributed by atoms with Crippen molar-refractivity contribution in [1.82, 2.24) is 0 Å². The Morgan fingerprint density at radius 3 is 1.83 bits per heavy atom. The van der Waals surface area contributed by atoms with Gasteiger partial charge in [0.2, 0.25) is 0 Å². The van der Waals surface area contributed by atoms with Gasteiger partial charge in [0.15, 0.2) is 0 Å². The summed E-state index contributed by atoms with van der Waals surface area (Å²) in [6.07, 6.45) is 0. The molecule has 6 rings (SSSR count). The molecule has 0 aliphatic carbocycles. The van der Waals surface area contributed by atoms with Crippen molar-refractivity contribution in [2.45, 2.75) is 6.92 Å². The molecule has 1 heteroatoms. The molecule has 0 bridgehead atoms. The SMILES string of the molecule is Cc1cbc(-c2ccc3ccc4c(-c5ccccc5)ccc5ccc2c3c54)cc1. The summed E-state index contributed by atoms with van der Waals surface area (Å²) in [4.78, 5) is 0. The zero-order chi connectivity index (χ0) is 19.4. The monoisotopic (exact) mass is 366 g/mol. The number of benzene rings is 5. The summed E-state index contributed by atoms with van der Waals surface area (Å²) >= 11 is 0. The maximum atomic E-state index is 2.29. The molecule has 0 radical (unpaired) electrons. The topological polar surface area (TPSA) is 0 Å². The Morgan fingerprint density at radius 1 is 0.552 bits per heavy atom. The second-order valence-electron chi connectivity index (χ2n) is 7.88. The normalized spacial score (nSPS) is 11.5. The van der Waals surface area contributed by atoms with E-state index >= 15 is 0 Å². The molecule has 0 aliphatic heterocycles. The van der Waals surface area contributed by atoms with E-state index in [4.69, 9.17) is 0 Å². The average Bonchev–Trinajstić information content (AvgIpc) is 2.78. The van der Waals surface area contributed by atoms with Crippen molar-refractivity contribution in [1.29, 1.82) is 0 Å². The zero-order valence-electron chi connectivity index (χ0n) is 16.3. The van der Waals surface area contributed by atoms with Crippen LogP contribution in [-0.4, -0.2) is 6.91 Å². The number of aryl methyl sites for hydroxylation is 1. The molecule has 0 N–H and O–H groups in total. The fraction of sp³-hybridized carbons (Fsp3) is 0.0357. The van der Waals surface area contributed by atoms with E-state index in [1.54, 1.807) is 0 Å². The molecule has 5 aromatic carbocycles. The molecule has 6 aromatic rings. The van der Waals surface area contributed by atoms with Gasteiger partial charge in [-0.1, -0.05) is 0 Å². The van der Waals surface area contributed by atoms with Gasteiger partial charge in [0.25, 0.3) is 0 Å². The van der Waals surface area contributed by atoms with Crippen molar-refractivity contribution < 1.29 is 0 Å². The van der Waals surface area contributed by atoms with Crippen LogP contribution in [0.1, 0.15) is 5.56 Å². The van der Waals surface area contributed by atoms with Gasteiger partial charge in [-0.2, -0.15) is 0 Å². The molecule has 0 nitrogen and oxygen atoms in total. The summed E-state index contributed by atoms with van der Waals surface area (Å²) in [5, 5.41) is 8.01. The second-order valence-corrected chi connectivity index (χ2v) is 7.88. The predicted octanol–water partition coefficient (Wildman–Crippen LogP) is 7.56. The first-order valence-corrected chi connectivity index (χ1v) is 10.1. The first-order valence-electron chi connectivity index (χ1n) is 10.1. The maximum absolute atomic E-state index is 2.29. The third-order valence-electron chi connectivity index (χ3n) is 6.11. The molecular formula is C28H19B. The van der Waals surface area contributed by atoms with Crippen LogP contribution in [0.5, 0.6) is 0 Å². The first-order chi connectivity index (χ1) is 14.3. The summed E-state index contributed by atoms with van der Waals surface area (Å²) in [7, 11) is 0.